The zero-order chi connectivity index (χ0) is 12.8. The number of carbonyl (C=O) groups is 1. The van der Waals surface area contributed by atoms with Crippen molar-refractivity contribution < 1.29 is 18.3 Å². The normalized spacial score (nSPS) is 13.4. The van der Waals surface area contributed by atoms with Gasteiger partial charge in [-0.15, -0.1) is 13.2 Å². The SMILES string of the molecule is C=CCN(CC=C)S(=O)(=O)CC(C)C(=O)O. The summed E-state index contributed by atoms with van der Waals surface area (Å²) < 4.78 is 24.7. The number of hydrogen-bond acceptors (Lipinski definition) is 3. The van der Waals surface area contributed by atoms with Crippen LogP contribution in [0.2, 0.25) is 0 Å². The molecule has 1 N–H and O–H groups in total. The minimum absolute atomic E-state index is 0.153. The number of rotatable bonds is 8. The smallest absolute Gasteiger partial charge is 0.307 e. The molecule has 0 aliphatic rings. The molecule has 0 aliphatic carbocycles. The van der Waals surface area contributed by atoms with E-state index in [4.69, 9.17) is 5.11 Å². The molecular formula is C10H17NO4S. The summed E-state index contributed by atoms with van der Waals surface area (Å²) in [6, 6.07) is 0. The Bertz CT molecular complexity index is 351. The molecule has 0 bridgehead atoms. The molecule has 0 aromatic heterocycles. The van der Waals surface area contributed by atoms with Gasteiger partial charge in [0.1, 0.15) is 0 Å². The summed E-state index contributed by atoms with van der Waals surface area (Å²) in [5.41, 5.74) is 0. The molecule has 0 radical (unpaired) electrons. The number of carboxylic acids is 1. The summed E-state index contributed by atoms with van der Waals surface area (Å²) >= 11 is 0. The fraction of sp³-hybridized carbons (Fsp3) is 0.500. The van der Waals surface area contributed by atoms with Gasteiger partial charge in [-0.25, -0.2) is 8.42 Å². The number of sulfonamides is 1. The van der Waals surface area contributed by atoms with Crippen LogP contribution in [0.1, 0.15) is 6.92 Å². The molecule has 0 saturated carbocycles. The van der Waals surface area contributed by atoms with Crippen LogP contribution in [0.25, 0.3) is 0 Å². The van der Waals surface area contributed by atoms with Gasteiger partial charge in [0.25, 0.3) is 0 Å². The van der Waals surface area contributed by atoms with E-state index in [0.717, 1.165) is 4.31 Å². The third-order valence-corrected chi connectivity index (χ3v) is 3.95. The van der Waals surface area contributed by atoms with Crippen LogP contribution in [0, 0.1) is 5.92 Å². The Balaban J connectivity index is 4.77. The van der Waals surface area contributed by atoms with Crippen molar-refractivity contribution in [3.05, 3.63) is 25.3 Å². The maximum absolute atomic E-state index is 11.8. The molecule has 6 heteroatoms. The van der Waals surface area contributed by atoms with Crippen molar-refractivity contribution in [3.8, 4) is 0 Å². The van der Waals surface area contributed by atoms with Crippen molar-refractivity contribution in [3.63, 3.8) is 0 Å². The summed E-state index contributed by atoms with van der Waals surface area (Å²) in [4.78, 5) is 10.6. The molecule has 0 rings (SSSR count). The third kappa shape index (κ3) is 4.59. The van der Waals surface area contributed by atoms with E-state index in [-0.39, 0.29) is 13.1 Å². The van der Waals surface area contributed by atoms with Gasteiger partial charge in [-0.1, -0.05) is 19.1 Å². The molecule has 0 spiro atoms. The average molecular weight is 247 g/mol. The third-order valence-electron chi connectivity index (χ3n) is 1.94. The number of nitrogens with zero attached hydrogens (tertiary/aromatic N) is 1. The molecule has 1 atom stereocenters. The van der Waals surface area contributed by atoms with E-state index in [2.05, 4.69) is 13.2 Å². The Hall–Kier alpha value is -1.14. The lowest BCUT2D eigenvalue weighted by Gasteiger charge is -2.20. The van der Waals surface area contributed by atoms with E-state index < -0.39 is 27.7 Å². The molecule has 0 fully saturated rings. The fourth-order valence-electron chi connectivity index (χ4n) is 1.08. The number of aliphatic carboxylic acids is 1. The Labute approximate surface area is 96.1 Å². The maximum Gasteiger partial charge on any atom is 0.307 e. The van der Waals surface area contributed by atoms with Crippen molar-refractivity contribution in [2.45, 2.75) is 6.92 Å². The summed E-state index contributed by atoms with van der Waals surface area (Å²) in [5, 5.41) is 8.66. The lowest BCUT2D eigenvalue weighted by Crippen LogP contribution is -2.36. The zero-order valence-corrected chi connectivity index (χ0v) is 10.1. The van der Waals surface area contributed by atoms with E-state index in [0.29, 0.717) is 0 Å². The number of hydrogen-bond donors (Lipinski definition) is 1. The summed E-state index contributed by atoms with van der Waals surface area (Å²) in [5.74, 6) is -2.47. The fourth-order valence-corrected chi connectivity index (χ4v) is 2.73. The van der Waals surface area contributed by atoms with Crippen LogP contribution < -0.4 is 0 Å². The molecule has 16 heavy (non-hydrogen) atoms. The van der Waals surface area contributed by atoms with Gasteiger partial charge in [-0.05, 0) is 0 Å². The highest BCUT2D eigenvalue weighted by molar-refractivity contribution is 7.89. The Morgan fingerprint density at radius 1 is 1.38 bits per heavy atom. The lowest BCUT2D eigenvalue weighted by molar-refractivity contribution is -0.140. The van der Waals surface area contributed by atoms with Crippen LogP contribution >= 0.6 is 0 Å². The van der Waals surface area contributed by atoms with Gasteiger partial charge in [0.15, 0.2) is 0 Å². The van der Waals surface area contributed by atoms with Crippen LogP contribution in [0.3, 0.4) is 0 Å². The molecule has 1 unspecified atom stereocenters. The standard InChI is InChI=1S/C10H17NO4S/c1-4-6-11(7-5-2)16(14,15)8-9(3)10(12)13/h4-5,9H,1-2,6-8H2,3H3,(H,12,13). The van der Waals surface area contributed by atoms with Crippen LogP contribution in [-0.4, -0.2) is 42.6 Å². The Morgan fingerprint density at radius 2 is 1.81 bits per heavy atom. The van der Waals surface area contributed by atoms with Gasteiger partial charge >= 0.3 is 5.97 Å². The van der Waals surface area contributed by atoms with Crippen molar-refractivity contribution in [2.24, 2.45) is 5.92 Å². The molecule has 0 aliphatic heterocycles. The lowest BCUT2D eigenvalue weighted by atomic mass is 10.2. The minimum atomic E-state index is -3.58. The van der Waals surface area contributed by atoms with E-state index in [1.165, 1.54) is 19.1 Å². The van der Waals surface area contributed by atoms with Crippen LogP contribution in [0.15, 0.2) is 25.3 Å². The average Bonchev–Trinajstić information content (AvgIpc) is 2.16. The molecule has 0 aromatic rings. The first-order valence-electron chi connectivity index (χ1n) is 4.77. The molecule has 0 saturated heterocycles. The quantitative estimate of drug-likeness (QED) is 0.641. The maximum atomic E-state index is 11.8. The van der Waals surface area contributed by atoms with Crippen molar-refractivity contribution in [1.82, 2.24) is 4.31 Å². The second-order valence-electron chi connectivity index (χ2n) is 3.41. The highest BCUT2D eigenvalue weighted by atomic mass is 32.2. The first kappa shape index (κ1) is 14.9. The molecular weight excluding hydrogens is 230 g/mol. The van der Waals surface area contributed by atoms with Gasteiger partial charge in [-0.3, -0.25) is 4.79 Å². The first-order chi connectivity index (χ1) is 7.35. The highest BCUT2D eigenvalue weighted by Crippen LogP contribution is 2.08. The van der Waals surface area contributed by atoms with Gasteiger partial charge in [0, 0.05) is 13.1 Å². The largest absolute Gasteiger partial charge is 0.481 e. The summed E-state index contributed by atoms with van der Waals surface area (Å²) in [6.45, 7) is 8.58. The topological polar surface area (TPSA) is 74.7 Å². The van der Waals surface area contributed by atoms with E-state index in [9.17, 15) is 13.2 Å². The molecule has 5 nitrogen and oxygen atoms in total. The second kappa shape index (κ2) is 6.44. The van der Waals surface area contributed by atoms with Crippen molar-refractivity contribution in [2.75, 3.05) is 18.8 Å². The van der Waals surface area contributed by atoms with E-state index in [1.807, 2.05) is 0 Å². The second-order valence-corrected chi connectivity index (χ2v) is 5.43. The Kier molecular flexibility index (Phi) is 5.98. The van der Waals surface area contributed by atoms with Gasteiger partial charge in [0.05, 0.1) is 11.7 Å². The monoisotopic (exact) mass is 247 g/mol. The molecule has 92 valence electrons. The molecule has 0 amide bonds. The predicted molar refractivity (Wildman–Crippen MR) is 62.6 cm³/mol. The first-order valence-corrected chi connectivity index (χ1v) is 6.38. The van der Waals surface area contributed by atoms with Gasteiger partial charge in [0.2, 0.25) is 10.0 Å². The zero-order valence-electron chi connectivity index (χ0n) is 9.30. The minimum Gasteiger partial charge on any atom is -0.481 e. The van der Waals surface area contributed by atoms with Crippen molar-refractivity contribution in [1.29, 1.82) is 0 Å². The van der Waals surface area contributed by atoms with Crippen LogP contribution in [-0.2, 0) is 14.8 Å². The van der Waals surface area contributed by atoms with E-state index in [1.54, 1.807) is 0 Å². The van der Waals surface area contributed by atoms with Gasteiger partial charge in [-0.2, -0.15) is 4.31 Å². The van der Waals surface area contributed by atoms with Crippen LogP contribution in [0.5, 0.6) is 0 Å². The number of carboxylic acid groups (broad SMARTS) is 1. The highest BCUT2D eigenvalue weighted by Gasteiger charge is 2.25. The van der Waals surface area contributed by atoms with Crippen molar-refractivity contribution >= 4 is 16.0 Å². The molecule has 0 aromatic carbocycles. The molecule has 0 heterocycles. The van der Waals surface area contributed by atoms with Crippen LogP contribution in [0.4, 0.5) is 0 Å². The summed E-state index contributed by atoms with van der Waals surface area (Å²) in [7, 11) is -3.58. The van der Waals surface area contributed by atoms with E-state index >= 15 is 0 Å². The van der Waals surface area contributed by atoms with Gasteiger partial charge < -0.3 is 5.11 Å². The Morgan fingerprint density at radius 3 is 2.12 bits per heavy atom. The summed E-state index contributed by atoms with van der Waals surface area (Å²) in [6.07, 6.45) is 2.90. The predicted octanol–water partition coefficient (Wildman–Crippen LogP) is 0.711.